The second kappa shape index (κ2) is 2.90. The summed E-state index contributed by atoms with van der Waals surface area (Å²) in [7, 11) is 0. The van der Waals surface area contributed by atoms with Crippen molar-refractivity contribution in [1.29, 1.82) is 0 Å². The zero-order valence-corrected chi connectivity index (χ0v) is 9.21. The van der Waals surface area contributed by atoms with Crippen molar-refractivity contribution in [1.82, 2.24) is 10.2 Å². The van der Waals surface area contributed by atoms with Gasteiger partial charge in [0.2, 0.25) is 5.13 Å². The summed E-state index contributed by atoms with van der Waals surface area (Å²) in [5, 5.41) is 9.03. The Balaban J connectivity index is 1.79. The fourth-order valence-corrected chi connectivity index (χ4v) is 2.94. The first-order valence-electron chi connectivity index (χ1n) is 4.20. The van der Waals surface area contributed by atoms with Crippen LogP contribution in [0.1, 0.15) is 6.42 Å². The Morgan fingerprint density at radius 3 is 2.62 bits per heavy atom. The van der Waals surface area contributed by atoms with Crippen molar-refractivity contribution in [2.45, 2.75) is 18.6 Å². The third-order valence-corrected chi connectivity index (χ3v) is 3.84. The lowest BCUT2D eigenvalue weighted by molar-refractivity contribution is -0.133. The average Bonchev–Trinajstić information content (AvgIpc) is 2.51. The van der Waals surface area contributed by atoms with Gasteiger partial charge in [-0.25, -0.2) is 0 Å². The number of anilines is 1. The summed E-state index contributed by atoms with van der Waals surface area (Å²) in [5.41, 5.74) is 0. The van der Waals surface area contributed by atoms with E-state index in [0.29, 0.717) is 12.2 Å². The minimum absolute atomic E-state index is 0.432. The molecule has 6 heteroatoms. The van der Waals surface area contributed by atoms with E-state index in [2.05, 4.69) is 31.0 Å². The van der Waals surface area contributed by atoms with Crippen LogP contribution in [-0.4, -0.2) is 35.5 Å². The van der Waals surface area contributed by atoms with Crippen molar-refractivity contribution in [3.05, 3.63) is 3.92 Å². The Kier molecular flexibility index (Phi) is 1.81. The molecule has 70 valence electrons. The molecular weight excluding hydrogens is 254 g/mol. The van der Waals surface area contributed by atoms with Crippen LogP contribution in [0.5, 0.6) is 0 Å². The smallest absolute Gasteiger partial charge is 0.209 e. The van der Waals surface area contributed by atoms with Crippen LogP contribution in [0.2, 0.25) is 0 Å². The van der Waals surface area contributed by atoms with Gasteiger partial charge in [-0.05, 0) is 15.9 Å². The van der Waals surface area contributed by atoms with Crippen LogP contribution in [0, 0.1) is 0 Å². The highest BCUT2D eigenvalue weighted by molar-refractivity contribution is 9.11. The molecule has 0 aromatic carbocycles. The molecule has 2 atom stereocenters. The first-order chi connectivity index (χ1) is 6.31. The molecule has 2 unspecified atom stereocenters. The molecule has 1 aromatic rings. The summed E-state index contributed by atoms with van der Waals surface area (Å²) in [6.45, 7) is 1.94. The van der Waals surface area contributed by atoms with Crippen molar-refractivity contribution in [3.63, 3.8) is 0 Å². The largest absolute Gasteiger partial charge is 0.371 e. The van der Waals surface area contributed by atoms with Crippen molar-refractivity contribution in [2.24, 2.45) is 0 Å². The van der Waals surface area contributed by atoms with Gasteiger partial charge in [0, 0.05) is 19.5 Å². The van der Waals surface area contributed by atoms with E-state index < -0.39 is 0 Å². The monoisotopic (exact) mass is 261 g/mol. The second-order valence-electron chi connectivity index (χ2n) is 3.36. The molecule has 0 spiro atoms. The molecule has 2 bridgehead atoms. The summed E-state index contributed by atoms with van der Waals surface area (Å²) in [6, 6.07) is 0. The Hall–Kier alpha value is -0.200. The van der Waals surface area contributed by atoms with E-state index in [1.54, 1.807) is 11.3 Å². The maximum absolute atomic E-state index is 5.54. The Morgan fingerprint density at radius 2 is 2.08 bits per heavy atom. The van der Waals surface area contributed by atoms with Crippen LogP contribution in [0.4, 0.5) is 5.13 Å². The average molecular weight is 262 g/mol. The summed E-state index contributed by atoms with van der Waals surface area (Å²) in [6.07, 6.45) is 2.08. The molecule has 0 radical (unpaired) electrons. The third kappa shape index (κ3) is 1.37. The number of morpholine rings is 1. The fraction of sp³-hybridized carbons (Fsp3) is 0.714. The molecule has 4 rings (SSSR count). The SMILES string of the molecule is Brc1nnc(N2CC3CC(C2)O3)s1. The standard InChI is InChI=1S/C7H8BrN3OS/c8-6-9-10-7(13-6)11-2-4-1-5(3-11)12-4/h4-5H,1-3H2. The summed E-state index contributed by atoms with van der Waals surface area (Å²) in [4.78, 5) is 2.25. The van der Waals surface area contributed by atoms with E-state index >= 15 is 0 Å². The third-order valence-electron chi connectivity index (χ3n) is 2.42. The maximum Gasteiger partial charge on any atom is 0.209 e. The van der Waals surface area contributed by atoms with Crippen LogP contribution in [0.15, 0.2) is 3.92 Å². The lowest BCUT2D eigenvalue weighted by atomic mass is 9.99. The highest BCUT2D eigenvalue weighted by Crippen LogP contribution is 2.33. The van der Waals surface area contributed by atoms with Crippen LogP contribution >= 0.6 is 27.3 Å². The van der Waals surface area contributed by atoms with Crippen LogP contribution in [0.25, 0.3) is 0 Å². The van der Waals surface area contributed by atoms with Gasteiger partial charge >= 0.3 is 0 Å². The number of halogens is 1. The molecule has 0 amide bonds. The van der Waals surface area contributed by atoms with Crippen LogP contribution < -0.4 is 4.90 Å². The van der Waals surface area contributed by atoms with E-state index in [1.165, 1.54) is 6.42 Å². The molecule has 0 aliphatic carbocycles. The predicted molar refractivity (Wildman–Crippen MR) is 53.1 cm³/mol. The van der Waals surface area contributed by atoms with Crippen LogP contribution in [0.3, 0.4) is 0 Å². The first kappa shape index (κ1) is 8.14. The quantitative estimate of drug-likeness (QED) is 0.764. The van der Waals surface area contributed by atoms with Gasteiger partial charge in [-0.15, -0.1) is 10.2 Å². The normalized spacial score (nSPS) is 31.6. The maximum atomic E-state index is 5.54. The number of hydrogen-bond donors (Lipinski definition) is 0. The van der Waals surface area contributed by atoms with Gasteiger partial charge in [-0.1, -0.05) is 11.3 Å². The number of aromatic nitrogens is 2. The first-order valence-corrected chi connectivity index (χ1v) is 5.81. The van der Waals surface area contributed by atoms with E-state index in [1.807, 2.05) is 0 Å². The van der Waals surface area contributed by atoms with Gasteiger partial charge in [-0.2, -0.15) is 0 Å². The number of fused-ring (bicyclic) bond motifs is 2. The van der Waals surface area contributed by atoms with Crippen molar-refractivity contribution in [3.8, 4) is 0 Å². The molecular formula is C7H8BrN3OS. The van der Waals surface area contributed by atoms with E-state index in [9.17, 15) is 0 Å². The molecule has 4 heterocycles. The highest BCUT2D eigenvalue weighted by Gasteiger charge is 2.39. The van der Waals surface area contributed by atoms with E-state index in [0.717, 1.165) is 22.1 Å². The minimum atomic E-state index is 0.432. The molecule has 4 nitrogen and oxygen atoms in total. The van der Waals surface area contributed by atoms with Gasteiger partial charge in [0.1, 0.15) is 0 Å². The topological polar surface area (TPSA) is 38.2 Å². The predicted octanol–water partition coefficient (Wildman–Crippen LogP) is 1.28. The minimum Gasteiger partial charge on any atom is -0.371 e. The molecule has 0 N–H and O–H groups in total. The number of nitrogens with zero attached hydrogens (tertiary/aromatic N) is 3. The second-order valence-corrected chi connectivity index (χ2v) is 5.59. The Labute approximate surface area is 88.0 Å². The van der Waals surface area contributed by atoms with Gasteiger partial charge in [-0.3, -0.25) is 0 Å². The lowest BCUT2D eigenvalue weighted by Gasteiger charge is -2.46. The number of piperidine rings is 1. The van der Waals surface area contributed by atoms with Crippen LogP contribution in [-0.2, 0) is 4.74 Å². The van der Waals surface area contributed by atoms with Gasteiger partial charge in [0.15, 0.2) is 3.92 Å². The van der Waals surface area contributed by atoms with E-state index in [4.69, 9.17) is 4.74 Å². The molecule has 13 heavy (non-hydrogen) atoms. The molecule has 0 saturated carbocycles. The lowest BCUT2D eigenvalue weighted by Crippen LogP contribution is -2.57. The summed E-state index contributed by atoms with van der Waals surface area (Å²) < 4.78 is 6.39. The fourth-order valence-electron chi connectivity index (χ4n) is 1.84. The summed E-state index contributed by atoms with van der Waals surface area (Å²) in [5.74, 6) is 0. The Bertz CT molecular complexity index is 315. The summed E-state index contributed by atoms with van der Waals surface area (Å²) >= 11 is 4.89. The molecule has 3 fully saturated rings. The Morgan fingerprint density at radius 1 is 1.38 bits per heavy atom. The van der Waals surface area contributed by atoms with Crippen molar-refractivity contribution in [2.75, 3.05) is 18.0 Å². The van der Waals surface area contributed by atoms with Crippen molar-refractivity contribution < 1.29 is 4.74 Å². The number of rotatable bonds is 1. The zero-order chi connectivity index (χ0) is 8.84. The van der Waals surface area contributed by atoms with Crippen molar-refractivity contribution >= 4 is 32.4 Å². The molecule has 1 aromatic heterocycles. The highest BCUT2D eigenvalue weighted by atomic mass is 79.9. The van der Waals surface area contributed by atoms with Gasteiger partial charge in [0.05, 0.1) is 12.2 Å². The number of hydrogen-bond acceptors (Lipinski definition) is 5. The van der Waals surface area contributed by atoms with Gasteiger partial charge in [0.25, 0.3) is 0 Å². The zero-order valence-electron chi connectivity index (χ0n) is 6.81. The molecule has 3 aliphatic heterocycles. The van der Waals surface area contributed by atoms with Gasteiger partial charge < -0.3 is 9.64 Å². The van der Waals surface area contributed by atoms with E-state index in [-0.39, 0.29) is 0 Å². The molecule has 3 aliphatic rings. The molecule has 3 saturated heterocycles. The number of ether oxygens (including phenoxy) is 1.